The lowest BCUT2D eigenvalue weighted by atomic mass is 9.95. The van der Waals surface area contributed by atoms with E-state index in [1.54, 1.807) is 31.3 Å². The zero-order chi connectivity index (χ0) is 29.5. The zero-order valence-corrected chi connectivity index (χ0v) is 23.6. The molecule has 3 aromatic rings. The number of nitrogens with zero attached hydrogens (tertiary/aromatic N) is 2. The van der Waals surface area contributed by atoms with E-state index in [1.165, 1.54) is 7.11 Å². The molecule has 2 atom stereocenters. The largest absolute Gasteiger partial charge is 0.490 e. The number of allylic oxidation sites excluding steroid dienone is 2. The van der Waals surface area contributed by atoms with Crippen LogP contribution in [0.1, 0.15) is 36.7 Å². The number of hydrogen-bond acceptors (Lipinski definition) is 8. The Kier molecular flexibility index (Phi) is 9.30. The average Bonchev–Trinajstić information content (AvgIpc) is 3.22. The van der Waals surface area contributed by atoms with Gasteiger partial charge in [-0.1, -0.05) is 30.3 Å². The fourth-order valence-electron chi connectivity index (χ4n) is 4.80. The summed E-state index contributed by atoms with van der Waals surface area (Å²) in [6.07, 6.45) is 2.42. The summed E-state index contributed by atoms with van der Waals surface area (Å²) >= 11 is 0. The number of aromatic nitrogens is 1. The predicted octanol–water partition coefficient (Wildman–Crippen LogP) is 3.66. The second-order valence-corrected chi connectivity index (χ2v) is 9.33. The molecule has 0 fully saturated rings. The zero-order valence-electron chi connectivity index (χ0n) is 23.6. The van der Waals surface area contributed by atoms with Gasteiger partial charge in [0.2, 0.25) is 0 Å². The molecule has 0 saturated carbocycles. The van der Waals surface area contributed by atoms with Crippen molar-refractivity contribution >= 4 is 29.1 Å². The van der Waals surface area contributed by atoms with E-state index in [2.05, 4.69) is 32.3 Å². The number of methoxy groups -OCH3 is 1. The van der Waals surface area contributed by atoms with Crippen LogP contribution in [0.4, 0.5) is 4.79 Å². The highest BCUT2D eigenvalue weighted by Crippen LogP contribution is 2.35. The summed E-state index contributed by atoms with van der Waals surface area (Å²) < 4.78 is 18.7. The summed E-state index contributed by atoms with van der Waals surface area (Å²) in [7, 11) is 1.28. The highest BCUT2D eigenvalue weighted by Gasteiger charge is 2.32. The van der Waals surface area contributed by atoms with Gasteiger partial charge in [-0.3, -0.25) is 5.43 Å². The normalized spacial score (nSPS) is 15.8. The standard InChI is InChI=1S/C30H35N5O6/c1-6-14-35-19(4)22(21-10-8-9-11-23(21)35)16-31-34-26(36)17-41-24-13-12-20(15-25(24)40-7-2)28-27(29(37)39-5)18(3)32-30(38)33-28/h6,8-13,15-16,26,28,34,36H,1,7,14,17H2,2-5H3,(H2,32,33,38)/b31-16-/t26-,28+/m1/s1. The van der Waals surface area contributed by atoms with E-state index in [9.17, 15) is 14.7 Å². The van der Waals surface area contributed by atoms with Crippen LogP contribution in [0.25, 0.3) is 10.9 Å². The SMILES string of the molecule is C=CCn1c(C)c(/C=N\N[C@H](O)COc2ccc([C@@H]3NC(=O)NC(C)=C3C(=O)OC)cc2OCC)c2ccccc21. The smallest absolute Gasteiger partial charge is 0.337 e. The van der Waals surface area contributed by atoms with E-state index in [4.69, 9.17) is 14.2 Å². The molecule has 2 aromatic carbocycles. The fraction of sp³-hybridized carbons (Fsp3) is 0.300. The number of esters is 1. The molecule has 0 saturated heterocycles. The second-order valence-electron chi connectivity index (χ2n) is 9.33. The molecule has 11 nitrogen and oxygen atoms in total. The Morgan fingerprint density at radius 1 is 1.22 bits per heavy atom. The summed E-state index contributed by atoms with van der Waals surface area (Å²) in [5.74, 6) is 0.207. The van der Waals surface area contributed by atoms with Gasteiger partial charge < -0.3 is 34.5 Å². The predicted molar refractivity (Wildman–Crippen MR) is 156 cm³/mol. The molecular formula is C30H35N5O6. The maximum Gasteiger partial charge on any atom is 0.337 e. The minimum Gasteiger partial charge on any atom is -0.490 e. The molecule has 0 unspecified atom stereocenters. The molecule has 2 amide bonds. The van der Waals surface area contributed by atoms with E-state index < -0.39 is 24.3 Å². The number of rotatable bonds is 12. The number of aliphatic hydroxyl groups excluding tert-OH is 1. The molecule has 0 aliphatic carbocycles. The molecule has 4 N–H and O–H groups in total. The molecule has 4 rings (SSSR count). The van der Waals surface area contributed by atoms with Gasteiger partial charge in [-0.2, -0.15) is 5.10 Å². The number of carbonyl (C=O) groups excluding carboxylic acids is 2. The average molecular weight is 562 g/mol. The van der Waals surface area contributed by atoms with Gasteiger partial charge in [0, 0.05) is 34.4 Å². The monoisotopic (exact) mass is 561 g/mol. The van der Waals surface area contributed by atoms with Crippen LogP contribution in [0, 0.1) is 6.92 Å². The number of nitrogens with one attached hydrogen (secondary N) is 3. The van der Waals surface area contributed by atoms with Crippen molar-refractivity contribution in [3.63, 3.8) is 0 Å². The van der Waals surface area contributed by atoms with Gasteiger partial charge in [0.1, 0.15) is 6.61 Å². The molecule has 0 bridgehead atoms. The number of urea groups is 1. The Morgan fingerprint density at radius 3 is 2.73 bits per heavy atom. The maximum atomic E-state index is 12.4. The summed E-state index contributed by atoms with van der Waals surface area (Å²) in [5.41, 5.74) is 7.04. The maximum absolute atomic E-state index is 12.4. The molecule has 2 heterocycles. The van der Waals surface area contributed by atoms with E-state index in [0.717, 1.165) is 22.2 Å². The number of carbonyl (C=O) groups is 2. The van der Waals surface area contributed by atoms with Crippen molar-refractivity contribution in [2.75, 3.05) is 20.3 Å². The molecule has 41 heavy (non-hydrogen) atoms. The lowest BCUT2D eigenvalue weighted by molar-refractivity contribution is -0.136. The van der Waals surface area contributed by atoms with E-state index in [1.807, 2.05) is 44.2 Å². The van der Waals surface area contributed by atoms with Crippen LogP contribution in [0.2, 0.25) is 0 Å². The number of hydrazone groups is 1. The van der Waals surface area contributed by atoms with Crippen molar-refractivity contribution in [3.8, 4) is 11.5 Å². The number of amides is 2. The number of benzene rings is 2. The first-order valence-electron chi connectivity index (χ1n) is 13.2. The molecule has 0 spiro atoms. The summed E-state index contributed by atoms with van der Waals surface area (Å²) in [6.45, 7) is 10.2. The highest BCUT2D eigenvalue weighted by molar-refractivity contribution is 6.01. The Hall–Kier alpha value is -4.77. The first-order chi connectivity index (χ1) is 19.8. The molecule has 1 aliphatic rings. The van der Waals surface area contributed by atoms with Crippen molar-refractivity contribution in [3.05, 3.63) is 83.2 Å². The van der Waals surface area contributed by atoms with Gasteiger partial charge in [0.15, 0.2) is 17.7 Å². The van der Waals surface area contributed by atoms with Gasteiger partial charge in [-0.05, 0) is 44.5 Å². The number of aliphatic hydroxyl groups is 1. The molecule has 1 aromatic heterocycles. The third kappa shape index (κ3) is 6.36. The first kappa shape index (κ1) is 29.2. The van der Waals surface area contributed by atoms with Crippen molar-refractivity contribution in [2.24, 2.45) is 5.10 Å². The minimum atomic E-state index is -1.11. The lowest BCUT2D eigenvalue weighted by Crippen LogP contribution is -2.45. The van der Waals surface area contributed by atoms with Crippen LogP contribution in [-0.4, -0.2) is 54.4 Å². The van der Waals surface area contributed by atoms with E-state index in [-0.39, 0.29) is 12.2 Å². The Balaban J connectivity index is 1.47. The fourth-order valence-corrected chi connectivity index (χ4v) is 4.80. The molecule has 0 radical (unpaired) electrons. The van der Waals surface area contributed by atoms with Crippen LogP contribution in [0.15, 0.2) is 71.5 Å². The van der Waals surface area contributed by atoms with E-state index >= 15 is 0 Å². The number of fused-ring (bicyclic) bond motifs is 1. The minimum absolute atomic E-state index is 0.121. The highest BCUT2D eigenvalue weighted by atomic mass is 16.5. The summed E-state index contributed by atoms with van der Waals surface area (Å²) in [5, 5.41) is 21.1. The van der Waals surface area contributed by atoms with E-state index in [0.29, 0.717) is 35.9 Å². The van der Waals surface area contributed by atoms with Crippen LogP contribution >= 0.6 is 0 Å². The number of hydrogen-bond donors (Lipinski definition) is 4. The van der Waals surface area contributed by atoms with Crippen molar-refractivity contribution < 1.29 is 28.9 Å². The summed E-state index contributed by atoms with van der Waals surface area (Å²) in [6, 6.07) is 11.9. The molecule has 216 valence electrons. The van der Waals surface area contributed by atoms with Crippen molar-refractivity contribution in [1.82, 2.24) is 20.6 Å². The van der Waals surface area contributed by atoms with Crippen LogP contribution < -0.4 is 25.5 Å². The van der Waals surface area contributed by atoms with Crippen LogP contribution in [0.3, 0.4) is 0 Å². The number of ether oxygens (including phenoxy) is 3. The third-order valence-corrected chi connectivity index (χ3v) is 6.68. The van der Waals surface area contributed by atoms with Gasteiger partial charge in [-0.25, -0.2) is 9.59 Å². The van der Waals surface area contributed by atoms with Crippen LogP contribution in [0.5, 0.6) is 11.5 Å². The van der Waals surface area contributed by atoms with Gasteiger partial charge in [-0.15, -0.1) is 6.58 Å². The van der Waals surface area contributed by atoms with Crippen LogP contribution in [-0.2, 0) is 16.1 Å². The Labute approximate surface area is 238 Å². The quantitative estimate of drug-likeness (QED) is 0.0871. The molecular weight excluding hydrogens is 526 g/mol. The topological polar surface area (TPSA) is 135 Å². The molecule has 11 heteroatoms. The van der Waals surface area contributed by atoms with Crippen molar-refractivity contribution in [1.29, 1.82) is 0 Å². The first-order valence-corrected chi connectivity index (χ1v) is 13.2. The van der Waals surface area contributed by atoms with Gasteiger partial charge >= 0.3 is 12.0 Å². The van der Waals surface area contributed by atoms with Gasteiger partial charge in [0.25, 0.3) is 0 Å². The lowest BCUT2D eigenvalue weighted by Gasteiger charge is -2.28. The number of para-hydroxylation sites is 1. The Morgan fingerprint density at radius 2 is 2.00 bits per heavy atom. The Bertz CT molecular complexity index is 1510. The molecule has 1 aliphatic heterocycles. The third-order valence-electron chi connectivity index (χ3n) is 6.68. The van der Waals surface area contributed by atoms with Gasteiger partial charge in [0.05, 0.1) is 31.5 Å². The van der Waals surface area contributed by atoms with Crippen molar-refractivity contribution in [2.45, 2.75) is 39.6 Å². The second kappa shape index (κ2) is 13.1. The summed E-state index contributed by atoms with van der Waals surface area (Å²) in [4.78, 5) is 24.6.